The van der Waals surface area contributed by atoms with Crippen molar-refractivity contribution in [3.63, 3.8) is 0 Å². The zero-order valence-corrected chi connectivity index (χ0v) is 19.7. The SMILES string of the molecule is CC(NC(=O)OCC1c2ccccc2-c2ccccc21)(C(=O)N1CCCC(O)(C(=O)O)C1)C1CC1. The van der Waals surface area contributed by atoms with Crippen molar-refractivity contribution in [2.24, 2.45) is 5.92 Å². The lowest BCUT2D eigenvalue weighted by atomic mass is 9.89. The quantitative estimate of drug-likeness (QED) is 0.588. The Balaban J connectivity index is 1.29. The third-order valence-corrected chi connectivity index (χ3v) is 7.70. The molecule has 3 N–H and O–H groups in total. The highest BCUT2D eigenvalue weighted by Crippen LogP contribution is 2.45. The van der Waals surface area contributed by atoms with Crippen LogP contribution < -0.4 is 5.32 Å². The van der Waals surface area contributed by atoms with E-state index in [1.54, 1.807) is 6.92 Å². The van der Waals surface area contributed by atoms with Crippen LogP contribution in [0.3, 0.4) is 0 Å². The van der Waals surface area contributed by atoms with Crippen molar-refractivity contribution in [3.05, 3.63) is 59.7 Å². The first-order valence-electron chi connectivity index (χ1n) is 12.1. The van der Waals surface area contributed by atoms with Crippen LogP contribution in [-0.4, -0.2) is 63.9 Å². The molecule has 2 unspecified atom stereocenters. The molecule has 2 aliphatic carbocycles. The molecule has 1 aliphatic heterocycles. The fourth-order valence-electron chi connectivity index (χ4n) is 5.55. The molecule has 5 rings (SSSR count). The van der Waals surface area contributed by atoms with Crippen molar-refractivity contribution in [1.82, 2.24) is 10.2 Å². The molecule has 2 aromatic carbocycles. The molecule has 8 heteroatoms. The number of carbonyl (C=O) groups excluding carboxylic acids is 2. The van der Waals surface area contributed by atoms with E-state index in [9.17, 15) is 24.6 Å². The maximum Gasteiger partial charge on any atom is 0.408 e. The molecule has 2 atom stereocenters. The number of piperidine rings is 1. The molecule has 1 heterocycles. The molecule has 8 nitrogen and oxygen atoms in total. The number of benzene rings is 2. The van der Waals surface area contributed by atoms with E-state index < -0.39 is 23.2 Å². The number of amides is 2. The van der Waals surface area contributed by atoms with E-state index in [-0.39, 0.29) is 37.3 Å². The van der Waals surface area contributed by atoms with Crippen LogP contribution in [0.15, 0.2) is 48.5 Å². The minimum absolute atomic E-state index is 0.0599. The van der Waals surface area contributed by atoms with E-state index in [4.69, 9.17) is 4.74 Å². The van der Waals surface area contributed by atoms with Gasteiger partial charge in [0.25, 0.3) is 0 Å². The largest absolute Gasteiger partial charge is 0.479 e. The van der Waals surface area contributed by atoms with Crippen LogP contribution in [0.25, 0.3) is 11.1 Å². The summed E-state index contributed by atoms with van der Waals surface area (Å²) in [6.07, 6.45) is 1.35. The molecule has 3 aliphatic rings. The number of carbonyl (C=O) groups is 3. The molecule has 1 saturated carbocycles. The maximum absolute atomic E-state index is 13.5. The van der Waals surface area contributed by atoms with Crippen molar-refractivity contribution >= 4 is 18.0 Å². The van der Waals surface area contributed by atoms with E-state index >= 15 is 0 Å². The first-order valence-corrected chi connectivity index (χ1v) is 12.1. The fraction of sp³-hybridized carbons (Fsp3) is 0.444. The van der Waals surface area contributed by atoms with Gasteiger partial charge in [-0.25, -0.2) is 9.59 Å². The van der Waals surface area contributed by atoms with Gasteiger partial charge in [-0.05, 0) is 60.8 Å². The third-order valence-electron chi connectivity index (χ3n) is 7.70. The Labute approximate surface area is 203 Å². The molecule has 2 fully saturated rings. The Morgan fingerprint density at radius 2 is 1.69 bits per heavy atom. The lowest BCUT2D eigenvalue weighted by Crippen LogP contribution is -2.64. The number of alkyl carbamates (subject to hydrolysis) is 1. The van der Waals surface area contributed by atoms with Gasteiger partial charge in [-0.15, -0.1) is 0 Å². The second-order valence-corrected chi connectivity index (χ2v) is 10.1. The van der Waals surface area contributed by atoms with Gasteiger partial charge in [0, 0.05) is 12.5 Å². The maximum atomic E-state index is 13.5. The number of carboxylic acids is 1. The van der Waals surface area contributed by atoms with Gasteiger partial charge in [0.2, 0.25) is 5.91 Å². The summed E-state index contributed by atoms with van der Waals surface area (Å²) in [5, 5.41) is 22.6. The minimum atomic E-state index is -1.97. The lowest BCUT2D eigenvalue weighted by molar-refractivity contribution is -0.168. The predicted octanol–water partition coefficient (Wildman–Crippen LogP) is 3.13. The molecule has 0 bridgehead atoms. The van der Waals surface area contributed by atoms with Gasteiger partial charge in [-0.1, -0.05) is 48.5 Å². The molecule has 35 heavy (non-hydrogen) atoms. The predicted molar refractivity (Wildman–Crippen MR) is 128 cm³/mol. The van der Waals surface area contributed by atoms with E-state index in [1.807, 2.05) is 36.4 Å². The summed E-state index contributed by atoms with van der Waals surface area (Å²) < 4.78 is 5.67. The number of β-amino-alcohol motifs (C(OH)–C–C–N with tert-alkyl or cyclic N) is 1. The van der Waals surface area contributed by atoms with E-state index in [0.717, 1.165) is 35.1 Å². The summed E-state index contributed by atoms with van der Waals surface area (Å²) in [7, 11) is 0. The topological polar surface area (TPSA) is 116 Å². The zero-order chi connectivity index (χ0) is 24.8. The molecule has 0 spiro atoms. The standard InChI is InChI=1S/C27H30N2O6/c1-26(17-11-12-17,23(30)29-14-6-13-27(34,16-29)24(31)32)28-25(33)35-15-22-20-9-4-2-7-18(20)19-8-3-5-10-21(19)22/h2-5,7-10,17,22,34H,6,11-16H2,1H3,(H,28,33)(H,31,32). The molecule has 1 saturated heterocycles. The number of nitrogens with one attached hydrogen (secondary N) is 1. The van der Waals surface area contributed by atoms with Crippen LogP contribution in [0.4, 0.5) is 4.79 Å². The monoisotopic (exact) mass is 478 g/mol. The van der Waals surface area contributed by atoms with Gasteiger partial charge in [0.1, 0.15) is 12.1 Å². The van der Waals surface area contributed by atoms with Crippen LogP contribution in [0, 0.1) is 5.92 Å². The molecule has 2 amide bonds. The van der Waals surface area contributed by atoms with Crippen LogP contribution in [-0.2, 0) is 14.3 Å². The summed E-state index contributed by atoms with van der Waals surface area (Å²) in [6, 6.07) is 16.1. The first kappa shape index (κ1) is 23.4. The van der Waals surface area contributed by atoms with E-state index in [2.05, 4.69) is 17.4 Å². The zero-order valence-electron chi connectivity index (χ0n) is 19.7. The van der Waals surface area contributed by atoms with Gasteiger partial charge in [-0.3, -0.25) is 4.79 Å². The number of aliphatic hydroxyl groups is 1. The van der Waals surface area contributed by atoms with Crippen molar-refractivity contribution in [1.29, 1.82) is 0 Å². The average Bonchev–Trinajstić information content (AvgIpc) is 3.66. The third kappa shape index (κ3) is 4.16. The van der Waals surface area contributed by atoms with Crippen LogP contribution in [0.5, 0.6) is 0 Å². The van der Waals surface area contributed by atoms with Crippen LogP contribution >= 0.6 is 0 Å². The highest BCUT2D eigenvalue weighted by molar-refractivity contribution is 5.91. The second-order valence-electron chi connectivity index (χ2n) is 10.1. The van der Waals surface area contributed by atoms with Gasteiger partial charge in [0.05, 0.1) is 6.54 Å². The smallest absolute Gasteiger partial charge is 0.408 e. The van der Waals surface area contributed by atoms with Crippen molar-refractivity contribution < 1.29 is 29.3 Å². The average molecular weight is 479 g/mol. The molecule has 0 aromatic heterocycles. The normalized spacial score (nSPS) is 23.1. The molecular weight excluding hydrogens is 448 g/mol. The Kier molecular flexibility index (Phi) is 5.79. The van der Waals surface area contributed by atoms with Gasteiger partial charge in [0.15, 0.2) is 5.60 Å². The van der Waals surface area contributed by atoms with E-state index in [0.29, 0.717) is 13.0 Å². The molecular formula is C27H30N2O6. The summed E-state index contributed by atoms with van der Waals surface area (Å²) in [6.45, 7) is 1.85. The van der Waals surface area contributed by atoms with Gasteiger partial charge >= 0.3 is 12.1 Å². The summed E-state index contributed by atoms with van der Waals surface area (Å²) in [5.74, 6) is -1.88. The Morgan fingerprint density at radius 1 is 1.09 bits per heavy atom. The number of hydrogen-bond donors (Lipinski definition) is 3. The minimum Gasteiger partial charge on any atom is -0.479 e. The number of carboxylic acid groups (broad SMARTS) is 1. The van der Waals surface area contributed by atoms with E-state index in [1.165, 1.54) is 4.90 Å². The number of ether oxygens (including phenoxy) is 1. The fourth-order valence-corrected chi connectivity index (χ4v) is 5.55. The summed E-state index contributed by atoms with van der Waals surface area (Å²) in [5.41, 5.74) is 1.27. The summed E-state index contributed by atoms with van der Waals surface area (Å²) in [4.78, 5) is 39.3. The second kappa shape index (κ2) is 8.68. The van der Waals surface area contributed by atoms with Gasteiger partial charge < -0.3 is 25.2 Å². The highest BCUT2D eigenvalue weighted by atomic mass is 16.5. The van der Waals surface area contributed by atoms with Crippen molar-refractivity contribution in [2.45, 2.75) is 49.7 Å². The molecule has 0 radical (unpaired) electrons. The first-order chi connectivity index (χ1) is 16.7. The highest BCUT2D eigenvalue weighted by Gasteiger charge is 2.52. The molecule has 2 aromatic rings. The number of fused-ring (bicyclic) bond motifs is 3. The van der Waals surface area contributed by atoms with Crippen molar-refractivity contribution in [3.8, 4) is 11.1 Å². The van der Waals surface area contributed by atoms with Crippen LogP contribution in [0.2, 0.25) is 0 Å². The lowest BCUT2D eigenvalue weighted by Gasteiger charge is -2.41. The van der Waals surface area contributed by atoms with Gasteiger partial charge in [-0.2, -0.15) is 0 Å². The Bertz CT molecular complexity index is 1130. The van der Waals surface area contributed by atoms with Crippen LogP contribution in [0.1, 0.15) is 49.7 Å². The number of hydrogen-bond acceptors (Lipinski definition) is 5. The number of rotatable bonds is 6. The Morgan fingerprint density at radius 3 is 2.26 bits per heavy atom. The number of aliphatic carboxylic acids is 1. The number of likely N-dealkylation sites (tertiary alicyclic amines) is 1. The van der Waals surface area contributed by atoms with Crippen molar-refractivity contribution in [2.75, 3.05) is 19.7 Å². The molecule has 184 valence electrons. The number of nitrogens with zero attached hydrogens (tertiary/aromatic N) is 1. The summed E-state index contributed by atoms with van der Waals surface area (Å²) >= 11 is 0. The Hall–Kier alpha value is -3.39.